The topological polar surface area (TPSA) is 63.8 Å². The van der Waals surface area contributed by atoms with E-state index < -0.39 is 0 Å². The van der Waals surface area contributed by atoms with E-state index in [-0.39, 0.29) is 0 Å². The minimum atomic E-state index is 0.612. The third-order valence-electron chi connectivity index (χ3n) is 1.97. The van der Waals surface area contributed by atoms with Crippen LogP contribution in [0.3, 0.4) is 0 Å². The lowest BCUT2D eigenvalue weighted by Gasteiger charge is -2.06. The number of aryl methyl sites for hydroxylation is 1. The first kappa shape index (κ1) is 9.45. The van der Waals surface area contributed by atoms with Crippen LogP contribution in [0.15, 0.2) is 36.5 Å². The van der Waals surface area contributed by atoms with Crippen molar-refractivity contribution in [1.29, 1.82) is 0 Å². The van der Waals surface area contributed by atoms with E-state index in [1.165, 1.54) is 0 Å². The molecular weight excluding hydrogens is 188 g/mol. The van der Waals surface area contributed by atoms with Gasteiger partial charge in [0.1, 0.15) is 5.82 Å². The highest BCUT2D eigenvalue weighted by atomic mass is 15.1. The minimum Gasteiger partial charge on any atom is -0.396 e. The normalized spacial score (nSPS) is 9.93. The van der Waals surface area contributed by atoms with E-state index in [1.807, 2.05) is 25.1 Å². The zero-order valence-corrected chi connectivity index (χ0v) is 8.44. The van der Waals surface area contributed by atoms with E-state index in [2.05, 4.69) is 15.3 Å². The molecule has 0 unspecified atom stereocenters. The average molecular weight is 200 g/mol. The minimum absolute atomic E-state index is 0.612. The molecule has 2 aromatic heterocycles. The molecule has 2 rings (SSSR count). The quantitative estimate of drug-likeness (QED) is 0.779. The molecule has 0 amide bonds. The van der Waals surface area contributed by atoms with Crippen molar-refractivity contribution in [3.05, 3.63) is 42.2 Å². The molecule has 76 valence electrons. The number of hydrogen-bond acceptors (Lipinski definition) is 4. The van der Waals surface area contributed by atoms with Crippen molar-refractivity contribution in [3.8, 4) is 0 Å². The van der Waals surface area contributed by atoms with Crippen LogP contribution in [0.2, 0.25) is 0 Å². The Bertz CT molecular complexity index is 468. The first-order valence-corrected chi connectivity index (χ1v) is 4.67. The summed E-state index contributed by atoms with van der Waals surface area (Å²) in [6.07, 6.45) is 1.69. The van der Waals surface area contributed by atoms with Crippen LogP contribution in [0.5, 0.6) is 0 Å². The van der Waals surface area contributed by atoms with Gasteiger partial charge in [-0.3, -0.25) is 0 Å². The summed E-state index contributed by atoms with van der Waals surface area (Å²) in [5.41, 5.74) is 7.32. The fourth-order valence-corrected chi connectivity index (χ4v) is 1.26. The van der Waals surface area contributed by atoms with Crippen LogP contribution >= 0.6 is 0 Å². The largest absolute Gasteiger partial charge is 0.396 e. The van der Waals surface area contributed by atoms with Crippen LogP contribution in [-0.4, -0.2) is 9.97 Å². The molecule has 0 aliphatic carbocycles. The van der Waals surface area contributed by atoms with E-state index in [0.717, 1.165) is 11.5 Å². The van der Waals surface area contributed by atoms with Crippen LogP contribution in [0.4, 0.5) is 17.3 Å². The Hall–Kier alpha value is -2.10. The van der Waals surface area contributed by atoms with E-state index in [4.69, 9.17) is 5.73 Å². The summed E-state index contributed by atoms with van der Waals surface area (Å²) in [5, 5.41) is 3.07. The maximum absolute atomic E-state index is 5.75. The molecule has 0 aliphatic rings. The molecule has 0 bridgehead atoms. The van der Waals surface area contributed by atoms with Gasteiger partial charge in [-0.25, -0.2) is 9.97 Å². The Morgan fingerprint density at radius 3 is 2.80 bits per heavy atom. The van der Waals surface area contributed by atoms with Gasteiger partial charge in [0.05, 0.1) is 5.69 Å². The van der Waals surface area contributed by atoms with Gasteiger partial charge in [0, 0.05) is 11.9 Å². The van der Waals surface area contributed by atoms with Gasteiger partial charge in [-0.1, -0.05) is 6.07 Å². The number of nitrogen functional groups attached to an aromatic ring is 1. The standard InChI is InChI=1S/C11H12N4/c1-8-4-2-6-10(14-8)15-11-9(12)5-3-7-13-11/h2-7H,12H2,1H3,(H,13,14,15). The molecule has 3 N–H and O–H groups in total. The third kappa shape index (κ3) is 2.22. The lowest BCUT2D eigenvalue weighted by atomic mass is 10.3. The molecular formula is C11H12N4. The number of nitrogens with two attached hydrogens (primary N) is 1. The summed E-state index contributed by atoms with van der Waals surface area (Å²) in [4.78, 5) is 8.43. The van der Waals surface area contributed by atoms with Crippen molar-refractivity contribution in [2.75, 3.05) is 11.1 Å². The van der Waals surface area contributed by atoms with Gasteiger partial charge < -0.3 is 11.1 Å². The molecule has 0 atom stereocenters. The monoisotopic (exact) mass is 200 g/mol. The predicted molar refractivity (Wildman–Crippen MR) is 60.9 cm³/mol. The van der Waals surface area contributed by atoms with Gasteiger partial charge in [0.25, 0.3) is 0 Å². The molecule has 0 saturated heterocycles. The van der Waals surface area contributed by atoms with Crippen LogP contribution in [0.1, 0.15) is 5.69 Å². The van der Waals surface area contributed by atoms with E-state index in [9.17, 15) is 0 Å². The van der Waals surface area contributed by atoms with Gasteiger partial charge in [-0.2, -0.15) is 0 Å². The van der Waals surface area contributed by atoms with Crippen LogP contribution in [0, 0.1) is 6.92 Å². The smallest absolute Gasteiger partial charge is 0.154 e. The number of anilines is 3. The maximum Gasteiger partial charge on any atom is 0.154 e. The van der Waals surface area contributed by atoms with Gasteiger partial charge in [0.2, 0.25) is 0 Å². The van der Waals surface area contributed by atoms with E-state index >= 15 is 0 Å². The Balaban J connectivity index is 2.26. The van der Waals surface area contributed by atoms with Gasteiger partial charge in [0.15, 0.2) is 5.82 Å². The molecule has 2 aromatic rings. The van der Waals surface area contributed by atoms with Crippen LogP contribution in [-0.2, 0) is 0 Å². The molecule has 4 heteroatoms. The van der Waals surface area contributed by atoms with Crippen LogP contribution in [0.25, 0.3) is 0 Å². The molecule has 0 saturated carbocycles. The summed E-state index contributed by atoms with van der Waals surface area (Å²) < 4.78 is 0. The summed E-state index contributed by atoms with van der Waals surface area (Å²) >= 11 is 0. The second kappa shape index (κ2) is 3.96. The third-order valence-corrected chi connectivity index (χ3v) is 1.97. The number of hydrogen-bond donors (Lipinski definition) is 2. The molecule has 4 nitrogen and oxygen atoms in total. The first-order chi connectivity index (χ1) is 7.25. The second-order valence-electron chi connectivity index (χ2n) is 3.23. The number of nitrogens with zero attached hydrogens (tertiary/aromatic N) is 2. The van der Waals surface area contributed by atoms with Crippen molar-refractivity contribution in [2.45, 2.75) is 6.92 Å². The maximum atomic E-state index is 5.75. The Kier molecular flexibility index (Phi) is 2.49. The van der Waals surface area contributed by atoms with Crippen molar-refractivity contribution >= 4 is 17.3 Å². The van der Waals surface area contributed by atoms with Gasteiger partial charge in [-0.15, -0.1) is 0 Å². The lowest BCUT2D eigenvalue weighted by Crippen LogP contribution is -2.00. The van der Waals surface area contributed by atoms with Crippen LogP contribution < -0.4 is 11.1 Å². The van der Waals surface area contributed by atoms with Crippen molar-refractivity contribution in [2.24, 2.45) is 0 Å². The van der Waals surface area contributed by atoms with E-state index in [1.54, 1.807) is 18.3 Å². The highest BCUT2D eigenvalue weighted by molar-refractivity contribution is 5.66. The van der Waals surface area contributed by atoms with E-state index in [0.29, 0.717) is 11.5 Å². The molecule has 0 aromatic carbocycles. The molecule has 0 spiro atoms. The second-order valence-corrected chi connectivity index (χ2v) is 3.23. The highest BCUT2D eigenvalue weighted by Crippen LogP contribution is 2.17. The highest BCUT2D eigenvalue weighted by Gasteiger charge is 2.00. The Morgan fingerprint density at radius 1 is 1.20 bits per heavy atom. The number of pyridine rings is 2. The van der Waals surface area contributed by atoms with Gasteiger partial charge in [-0.05, 0) is 31.2 Å². The molecule has 2 heterocycles. The van der Waals surface area contributed by atoms with Crippen molar-refractivity contribution < 1.29 is 0 Å². The van der Waals surface area contributed by atoms with Crippen molar-refractivity contribution in [1.82, 2.24) is 9.97 Å². The number of nitrogens with one attached hydrogen (secondary N) is 1. The molecule has 15 heavy (non-hydrogen) atoms. The zero-order valence-electron chi connectivity index (χ0n) is 8.44. The SMILES string of the molecule is Cc1cccc(Nc2ncccc2N)n1. The summed E-state index contributed by atoms with van der Waals surface area (Å²) in [6, 6.07) is 9.34. The predicted octanol–water partition coefficient (Wildman–Crippen LogP) is 2.11. The van der Waals surface area contributed by atoms with Crippen molar-refractivity contribution in [3.63, 3.8) is 0 Å². The number of rotatable bonds is 2. The summed E-state index contributed by atoms with van der Waals surface area (Å²) in [5.74, 6) is 1.39. The Labute approximate surface area is 88.2 Å². The summed E-state index contributed by atoms with van der Waals surface area (Å²) in [6.45, 7) is 1.94. The fraction of sp³-hybridized carbons (Fsp3) is 0.0909. The molecule has 0 aliphatic heterocycles. The first-order valence-electron chi connectivity index (χ1n) is 4.67. The molecule has 0 fully saturated rings. The Morgan fingerprint density at radius 2 is 2.07 bits per heavy atom. The fourth-order valence-electron chi connectivity index (χ4n) is 1.26. The summed E-state index contributed by atoms with van der Waals surface area (Å²) in [7, 11) is 0. The number of aromatic nitrogens is 2. The zero-order chi connectivity index (χ0) is 10.7. The van der Waals surface area contributed by atoms with Gasteiger partial charge >= 0.3 is 0 Å². The lowest BCUT2D eigenvalue weighted by molar-refractivity contribution is 1.18. The molecule has 0 radical (unpaired) electrons. The average Bonchev–Trinajstić information content (AvgIpc) is 2.22.